The van der Waals surface area contributed by atoms with Gasteiger partial charge in [-0.1, -0.05) is 166 Å². The third-order valence-corrected chi connectivity index (χ3v) is 10.2. The third kappa shape index (κ3) is 24.4. The van der Waals surface area contributed by atoms with Gasteiger partial charge in [0.05, 0.1) is 11.7 Å². The van der Waals surface area contributed by atoms with Gasteiger partial charge in [-0.05, 0) is 115 Å². The normalized spacial score (nSPS) is 19.5. The van der Waals surface area contributed by atoms with Crippen molar-refractivity contribution in [2.24, 2.45) is 5.92 Å². The van der Waals surface area contributed by atoms with Crippen molar-refractivity contribution in [1.29, 1.82) is 0 Å². The molecule has 0 saturated carbocycles. The standard InChI is InChI=1S/C44H76O.C2H6/c1-3-5-7-9-11-13-15-17-19-21-23-25-27-29-33-37-42-41-44(39-35-31-32-36-40-44)45-43(42)38-34-30-28-26-24-22-20-18-16-14-12-10-8-6-4-2;1-2/h11-14,17-20,31-32,42-43H,3-10,15-16,21-30,33-41H2,1-2H3;1-2H3/b13-11-,14-12-,19-17-,20-18-;. The number of hydrogen-bond acceptors (Lipinski definition) is 1. The summed E-state index contributed by atoms with van der Waals surface area (Å²) in [5.41, 5.74) is 0.187. The van der Waals surface area contributed by atoms with E-state index in [-0.39, 0.29) is 5.60 Å². The molecule has 1 heterocycles. The minimum Gasteiger partial charge on any atom is -0.371 e. The maximum absolute atomic E-state index is 7.01. The third-order valence-electron chi connectivity index (χ3n) is 10.2. The lowest BCUT2D eigenvalue weighted by molar-refractivity contribution is -0.0571. The molecule has 2 aliphatic rings. The van der Waals surface area contributed by atoms with Gasteiger partial charge in [0.15, 0.2) is 0 Å². The average molecular weight is 651 g/mol. The van der Waals surface area contributed by atoms with E-state index in [9.17, 15) is 0 Å². The van der Waals surface area contributed by atoms with Crippen molar-refractivity contribution in [2.75, 3.05) is 0 Å². The van der Waals surface area contributed by atoms with E-state index in [4.69, 9.17) is 4.74 Å². The second-order valence-electron chi connectivity index (χ2n) is 14.4. The van der Waals surface area contributed by atoms with Gasteiger partial charge in [0, 0.05) is 0 Å². The zero-order valence-corrected chi connectivity index (χ0v) is 32.3. The summed E-state index contributed by atoms with van der Waals surface area (Å²) in [5.74, 6) is 0.798. The van der Waals surface area contributed by atoms with Crippen LogP contribution < -0.4 is 0 Å². The molecule has 2 rings (SSSR count). The molecule has 0 aromatic carbocycles. The first-order chi connectivity index (χ1) is 23.3. The van der Waals surface area contributed by atoms with Crippen LogP contribution in [0.15, 0.2) is 60.8 Å². The van der Waals surface area contributed by atoms with Gasteiger partial charge in [-0.25, -0.2) is 0 Å². The smallest absolute Gasteiger partial charge is 0.0696 e. The molecule has 2 atom stereocenters. The maximum Gasteiger partial charge on any atom is 0.0696 e. The topological polar surface area (TPSA) is 9.23 Å². The van der Waals surface area contributed by atoms with Gasteiger partial charge in [0.2, 0.25) is 0 Å². The molecule has 272 valence electrons. The minimum absolute atomic E-state index is 0.187. The van der Waals surface area contributed by atoms with Crippen molar-refractivity contribution in [1.82, 2.24) is 0 Å². The molecule has 0 aromatic rings. The average Bonchev–Trinajstić information content (AvgIpc) is 3.26. The van der Waals surface area contributed by atoms with Crippen LogP contribution in [0, 0.1) is 5.92 Å². The van der Waals surface area contributed by atoms with E-state index < -0.39 is 0 Å². The summed E-state index contributed by atoms with van der Waals surface area (Å²) in [6, 6.07) is 0. The molecule has 47 heavy (non-hydrogen) atoms. The number of unbranched alkanes of at least 4 members (excludes halogenated alkanes) is 16. The molecule has 1 heteroatoms. The summed E-state index contributed by atoms with van der Waals surface area (Å²) < 4.78 is 7.01. The lowest BCUT2D eigenvalue weighted by Gasteiger charge is -2.28. The van der Waals surface area contributed by atoms with Gasteiger partial charge < -0.3 is 4.74 Å². The molecule has 1 aliphatic heterocycles. The molecule has 1 aliphatic carbocycles. The monoisotopic (exact) mass is 651 g/mol. The molecule has 1 nitrogen and oxygen atoms in total. The van der Waals surface area contributed by atoms with Crippen LogP contribution in [0.3, 0.4) is 0 Å². The summed E-state index contributed by atoms with van der Waals surface area (Å²) in [5, 5.41) is 0. The maximum atomic E-state index is 7.01. The first kappa shape index (κ1) is 43.7. The molecule has 1 spiro atoms. The zero-order chi connectivity index (χ0) is 33.9. The summed E-state index contributed by atoms with van der Waals surface area (Å²) in [7, 11) is 0. The highest BCUT2D eigenvalue weighted by atomic mass is 16.5. The Morgan fingerprint density at radius 3 is 1.38 bits per heavy atom. The Bertz CT molecular complexity index is 732. The highest BCUT2D eigenvalue weighted by molar-refractivity contribution is 5.00. The Kier molecular flexibility index (Phi) is 30.8. The Morgan fingerprint density at radius 1 is 0.511 bits per heavy atom. The quantitative estimate of drug-likeness (QED) is 0.0605. The fourth-order valence-corrected chi connectivity index (χ4v) is 7.41. The second-order valence-corrected chi connectivity index (χ2v) is 14.4. The van der Waals surface area contributed by atoms with Gasteiger partial charge in [-0.15, -0.1) is 0 Å². The van der Waals surface area contributed by atoms with Crippen LogP contribution in [0.4, 0.5) is 0 Å². The van der Waals surface area contributed by atoms with Gasteiger partial charge in [-0.2, -0.15) is 0 Å². The van der Waals surface area contributed by atoms with Crippen LogP contribution >= 0.6 is 0 Å². The SMILES string of the molecule is CC.CCCCC/C=C\C/C=C\CCCCCCCC1CC2(CCC=CCC2)OC1CCCCCCC/C=C\C/C=C\CCCCC. The van der Waals surface area contributed by atoms with Crippen molar-refractivity contribution in [3.8, 4) is 0 Å². The fraction of sp³-hybridized carbons (Fsp3) is 0.783. The minimum atomic E-state index is 0.187. The van der Waals surface area contributed by atoms with Crippen molar-refractivity contribution < 1.29 is 4.74 Å². The van der Waals surface area contributed by atoms with Crippen LogP contribution in [0.2, 0.25) is 0 Å². The molecule has 0 N–H and O–H groups in total. The highest BCUT2D eigenvalue weighted by Gasteiger charge is 2.44. The summed E-state index contributed by atoms with van der Waals surface area (Å²) in [6.45, 7) is 8.55. The first-order valence-electron chi connectivity index (χ1n) is 21.2. The molecule has 0 aromatic heterocycles. The zero-order valence-electron chi connectivity index (χ0n) is 32.3. The molecule has 0 bridgehead atoms. The Hall–Kier alpha value is -1.34. The second kappa shape index (κ2) is 33.2. The molecule has 2 unspecified atom stereocenters. The van der Waals surface area contributed by atoms with E-state index in [1.165, 1.54) is 173 Å². The molecule has 1 saturated heterocycles. The van der Waals surface area contributed by atoms with E-state index in [0.717, 1.165) is 18.8 Å². The van der Waals surface area contributed by atoms with Crippen molar-refractivity contribution in [3.63, 3.8) is 0 Å². The Balaban J connectivity index is 0.00000541. The van der Waals surface area contributed by atoms with E-state index in [2.05, 4.69) is 74.6 Å². The van der Waals surface area contributed by atoms with Crippen LogP contribution in [-0.4, -0.2) is 11.7 Å². The summed E-state index contributed by atoms with van der Waals surface area (Å²) >= 11 is 0. The number of allylic oxidation sites excluding steroid dienone is 10. The summed E-state index contributed by atoms with van der Waals surface area (Å²) in [4.78, 5) is 0. The van der Waals surface area contributed by atoms with Gasteiger partial charge in [0.25, 0.3) is 0 Å². The van der Waals surface area contributed by atoms with E-state index in [1.54, 1.807) is 0 Å². The number of ether oxygens (including phenoxy) is 1. The van der Waals surface area contributed by atoms with Crippen LogP contribution in [0.5, 0.6) is 0 Å². The lowest BCUT2D eigenvalue weighted by Crippen LogP contribution is -2.28. The molecular formula is C46H82O. The van der Waals surface area contributed by atoms with Gasteiger partial charge in [0.1, 0.15) is 0 Å². The van der Waals surface area contributed by atoms with Crippen LogP contribution in [-0.2, 0) is 4.74 Å². The van der Waals surface area contributed by atoms with Gasteiger partial charge in [-0.3, -0.25) is 0 Å². The largest absolute Gasteiger partial charge is 0.371 e. The predicted octanol–water partition coefficient (Wildman–Crippen LogP) is 15.9. The van der Waals surface area contributed by atoms with E-state index >= 15 is 0 Å². The Labute approximate surface area is 296 Å². The van der Waals surface area contributed by atoms with Crippen molar-refractivity contribution in [2.45, 2.75) is 226 Å². The molecule has 0 radical (unpaired) electrons. The predicted molar refractivity (Wildman–Crippen MR) is 213 cm³/mol. The van der Waals surface area contributed by atoms with Crippen molar-refractivity contribution in [3.05, 3.63) is 60.8 Å². The van der Waals surface area contributed by atoms with E-state index in [1.807, 2.05) is 13.8 Å². The Morgan fingerprint density at radius 2 is 0.915 bits per heavy atom. The van der Waals surface area contributed by atoms with Gasteiger partial charge >= 0.3 is 0 Å². The number of hydrogen-bond donors (Lipinski definition) is 0. The number of rotatable bonds is 28. The fourth-order valence-electron chi connectivity index (χ4n) is 7.41. The lowest BCUT2D eigenvalue weighted by atomic mass is 9.83. The van der Waals surface area contributed by atoms with Crippen LogP contribution in [0.25, 0.3) is 0 Å². The molecule has 1 fully saturated rings. The van der Waals surface area contributed by atoms with E-state index in [0.29, 0.717) is 6.10 Å². The highest BCUT2D eigenvalue weighted by Crippen LogP contribution is 2.46. The molecular weight excluding hydrogens is 569 g/mol. The van der Waals surface area contributed by atoms with Crippen LogP contribution in [0.1, 0.15) is 214 Å². The summed E-state index contributed by atoms with van der Waals surface area (Å²) in [6.07, 6.45) is 62.4. The first-order valence-corrected chi connectivity index (χ1v) is 21.2. The van der Waals surface area contributed by atoms with Crippen molar-refractivity contribution >= 4 is 0 Å². The molecule has 0 amide bonds.